The minimum Gasteiger partial charge on any atom is -0.495 e. The van der Waals surface area contributed by atoms with Crippen molar-refractivity contribution in [1.29, 1.82) is 0 Å². The van der Waals surface area contributed by atoms with Crippen LogP contribution >= 0.6 is 0 Å². The zero-order chi connectivity index (χ0) is 11.4. The largest absolute Gasteiger partial charge is 0.495 e. The van der Waals surface area contributed by atoms with Crippen LogP contribution in [0.15, 0.2) is 24.3 Å². The highest BCUT2D eigenvalue weighted by Crippen LogP contribution is 2.26. The molecule has 1 aromatic rings. The van der Waals surface area contributed by atoms with Gasteiger partial charge in [-0.2, -0.15) is 0 Å². The smallest absolute Gasteiger partial charge is 0.243 e. The summed E-state index contributed by atoms with van der Waals surface area (Å²) in [4.78, 5) is 13.2. The minimum absolute atomic E-state index is 0.139. The van der Waals surface area contributed by atoms with Crippen molar-refractivity contribution in [2.75, 3.05) is 19.1 Å². The molecule has 4 heteroatoms. The number of carbonyl (C=O) groups excluding carboxylic acids is 1. The van der Waals surface area contributed by atoms with Crippen LogP contribution in [-0.2, 0) is 4.79 Å². The molecule has 0 radical (unpaired) electrons. The third-order valence-electron chi connectivity index (χ3n) is 2.17. The number of hydrogen-bond donors (Lipinski definition) is 1. The van der Waals surface area contributed by atoms with Gasteiger partial charge >= 0.3 is 0 Å². The molecule has 0 heterocycles. The van der Waals surface area contributed by atoms with Gasteiger partial charge in [-0.15, -0.1) is 0 Å². The van der Waals surface area contributed by atoms with Crippen LogP contribution in [-0.4, -0.2) is 26.1 Å². The van der Waals surface area contributed by atoms with Crippen LogP contribution in [0.2, 0.25) is 0 Å². The number of methoxy groups -OCH3 is 1. The van der Waals surface area contributed by atoms with E-state index >= 15 is 0 Å². The number of ether oxygens (including phenoxy) is 1. The first-order valence-corrected chi connectivity index (χ1v) is 4.74. The molecule has 1 rings (SSSR count). The summed E-state index contributed by atoms with van der Waals surface area (Å²) in [6.07, 6.45) is 0. The maximum absolute atomic E-state index is 11.7. The Hall–Kier alpha value is -1.55. The minimum atomic E-state index is -0.514. The maximum atomic E-state index is 11.7. The van der Waals surface area contributed by atoms with E-state index in [0.717, 1.165) is 5.69 Å². The van der Waals surface area contributed by atoms with Crippen molar-refractivity contribution in [1.82, 2.24) is 0 Å². The highest BCUT2D eigenvalue weighted by molar-refractivity contribution is 5.97. The van der Waals surface area contributed by atoms with Crippen LogP contribution in [0.3, 0.4) is 0 Å². The molecule has 0 saturated heterocycles. The van der Waals surface area contributed by atoms with Crippen molar-refractivity contribution in [2.45, 2.75) is 13.0 Å². The monoisotopic (exact) mass is 208 g/mol. The van der Waals surface area contributed by atoms with E-state index in [1.165, 1.54) is 4.90 Å². The van der Waals surface area contributed by atoms with Gasteiger partial charge in [0.05, 0.1) is 18.8 Å². The first-order chi connectivity index (χ1) is 7.07. The van der Waals surface area contributed by atoms with Crippen molar-refractivity contribution < 1.29 is 9.53 Å². The molecule has 1 aromatic carbocycles. The summed E-state index contributed by atoms with van der Waals surface area (Å²) in [5, 5.41) is 0. The second-order valence-electron chi connectivity index (χ2n) is 3.36. The molecule has 2 N–H and O–H groups in total. The molecule has 15 heavy (non-hydrogen) atoms. The molecule has 0 aliphatic rings. The number of anilines is 1. The zero-order valence-corrected chi connectivity index (χ0v) is 9.23. The average Bonchev–Trinajstić information content (AvgIpc) is 2.26. The standard InChI is InChI=1S/C11H16N2O2/c1-8(12)11(14)13(2)9-6-4-5-7-10(9)15-3/h4-8H,12H2,1-3H3/t8-/m0/s1. The van der Waals surface area contributed by atoms with Crippen molar-refractivity contribution in [3.63, 3.8) is 0 Å². The molecule has 0 aromatic heterocycles. The van der Waals surface area contributed by atoms with E-state index in [1.54, 1.807) is 27.1 Å². The first kappa shape index (κ1) is 11.5. The van der Waals surface area contributed by atoms with Crippen LogP contribution in [0.5, 0.6) is 5.75 Å². The summed E-state index contributed by atoms with van der Waals surface area (Å²) in [6, 6.07) is 6.81. The summed E-state index contributed by atoms with van der Waals surface area (Å²) >= 11 is 0. The molecule has 4 nitrogen and oxygen atoms in total. The normalized spacial score (nSPS) is 12.0. The van der Waals surface area contributed by atoms with Crippen molar-refractivity contribution in [3.8, 4) is 5.75 Å². The summed E-state index contributed by atoms with van der Waals surface area (Å²) < 4.78 is 5.16. The topological polar surface area (TPSA) is 55.6 Å². The maximum Gasteiger partial charge on any atom is 0.243 e. The molecule has 1 atom stereocenters. The molecule has 0 aliphatic heterocycles. The van der Waals surface area contributed by atoms with Gasteiger partial charge in [-0.25, -0.2) is 0 Å². The number of hydrogen-bond acceptors (Lipinski definition) is 3. The Bertz CT molecular complexity index is 350. The van der Waals surface area contributed by atoms with Crippen LogP contribution in [0.25, 0.3) is 0 Å². The number of nitrogens with two attached hydrogens (primary N) is 1. The Morgan fingerprint density at radius 2 is 2.07 bits per heavy atom. The third-order valence-corrected chi connectivity index (χ3v) is 2.17. The fourth-order valence-electron chi connectivity index (χ4n) is 1.33. The van der Waals surface area contributed by atoms with Crippen LogP contribution in [0, 0.1) is 0 Å². The van der Waals surface area contributed by atoms with E-state index in [0.29, 0.717) is 5.75 Å². The number of nitrogens with zero attached hydrogens (tertiary/aromatic N) is 1. The SMILES string of the molecule is COc1ccccc1N(C)C(=O)[C@H](C)N. The lowest BCUT2D eigenvalue weighted by molar-refractivity contribution is -0.119. The van der Waals surface area contributed by atoms with E-state index in [4.69, 9.17) is 10.5 Å². The number of likely N-dealkylation sites (N-methyl/N-ethyl adjacent to an activating group) is 1. The molecular formula is C11H16N2O2. The van der Waals surface area contributed by atoms with Gasteiger partial charge in [0.2, 0.25) is 5.91 Å². The van der Waals surface area contributed by atoms with Crippen molar-refractivity contribution in [2.24, 2.45) is 5.73 Å². The van der Waals surface area contributed by atoms with Gasteiger partial charge in [0.25, 0.3) is 0 Å². The number of benzene rings is 1. The number of rotatable bonds is 3. The molecule has 0 fully saturated rings. The van der Waals surface area contributed by atoms with E-state index in [2.05, 4.69) is 0 Å². The highest BCUT2D eigenvalue weighted by Gasteiger charge is 2.17. The predicted octanol–water partition coefficient (Wildman–Crippen LogP) is 1.01. The van der Waals surface area contributed by atoms with E-state index in [9.17, 15) is 4.79 Å². The van der Waals surface area contributed by atoms with E-state index < -0.39 is 6.04 Å². The lowest BCUT2D eigenvalue weighted by atomic mass is 10.2. The van der Waals surface area contributed by atoms with Gasteiger partial charge in [-0.1, -0.05) is 12.1 Å². The fraction of sp³-hybridized carbons (Fsp3) is 0.364. The Balaban J connectivity index is 3.00. The van der Waals surface area contributed by atoms with E-state index in [-0.39, 0.29) is 5.91 Å². The number of amides is 1. The molecular weight excluding hydrogens is 192 g/mol. The summed E-state index contributed by atoms with van der Waals surface area (Å²) in [5.74, 6) is 0.522. The first-order valence-electron chi connectivity index (χ1n) is 4.74. The Morgan fingerprint density at radius 3 is 2.60 bits per heavy atom. The predicted molar refractivity (Wildman–Crippen MR) is 60.1 cm³/mol. The van der Waals surface area contributed by atoms with Crippen LogP contribution in [0.1, 0.15) is 6.92 Å². The molecule has 0 spiro atoms. The molecule has 82 valence electrons. The lowest BCUT2D eigenvalue weighted by Crippen LogP contribution is -2.39. The van der Waals surface area contributed by atoms with Gasteiger partial charge in [0, 0.05) is 7.05 Å². The second kappa shape index (κ2) is 4.79. The molecule has 0 bridgehead atoms. The Morgan fingerprint density at radius 1 is 1.47 bits per heavy atom. The fourth-order valence-corrected chi connectivity index (χ4v) is 1.33. The van der Waals surface area contributed by atoms with Crippen LogP contribution in [0.4, 0.5) is 5.69 Å². The van der Waals surface area contributed by atoms with Gasteiger partial charge in [-0.3, -0.25) is 4.79 Å². The third kappa shape index (κ3) is 2.47. The van der Waals surface area contributed by atoms with Crippen molar-refractivity contribution >= 4 is 11.6 Å². The molecule has 0 saturated carbocycles. The summed E-state index contributed by atoms with van der Waals surface area (Å²) in [7, 11) is 3.26. The Kier molecular flexibility index (Phi) is 3.68. The summed E-state index contributed by atoms with van der Waals surface area (Å²) in [6.45, 7) is 1.66. The number of carbonyl (C=O) groups is 1. The average molecular weight is 208 g/mol. The van der Waals surface area contributed by atoms with E-state index in [1.807, 2.05) is 18.2 Å². The highest BCUT2D eigenvalue weighted by atomic mass is 16.5. The number of para-hydroxylation sites is 2. The second-order valence-corrected chi connectivity index (χ2v) is 3.36. The Labute approximate surface area is 89.6 Å². The summed E-state index contributed by atoms with van der Waals surface area (Å²) in [5.41, 5.74) is 6.26. The quantitative estimate of drug-likeness (QED) is 0.806. The van der Waals surface area contributed by atoms with Gasteiger partial charge in [0.15, 0.2) is 0 Å². The molecule has 0 unspecified atom stereocenters. The van der Waals surface area contributed by atoms with Gasteiger partial charge < -0.3 is 15.4 Å². The van der Waals surface area contributed by atoms with Crippen molar-refractivity contribution in [3.05, 3.63) is 24.3 Å². The zero-order valence-electron chi connectivity index (χ0n) is 9.23. The van der Waals surface area contributed by atoms with Gasteiger partial charge in [-0.05, 0) is 19.1 Å². The van der Waals surface area contributed by atoms with Gasteiger partial charge in [0.1, 0.15) is 5.75 Å². The molecule has 0 aliphatic carbocycles. The van der Waals surface area contributed by atoms with Crippen LogP contribution < -0.4 is 15.4 Å². The lowest BCUT2D eigenvalue weighted by Gasteiger charge is -2.21. The molecule has 1 amide bonds.